The Morgan fingerprint density at radius 3 is 2.36 bits per heavy atom. The van der Waals surface area contributed by atoms with Crippen LogP contribution in [0.4, 0.5) is 10.5 Å². The van der Waals surface area contributed by atoms with E-state index < -0.39 is 65.0 Å². The maximum atomic E-state index is 13.2. The van der Waals surface area contributed by atoms with E-state index in [1.54, 1.807) is 20.8 Å². The zero-order chi connectivity index (χ0) is 31.7. The molecule has 1 aromatic rings. The molecule has 42 heavy (non-hydrogen) atoms. The molecule has 0 bridgehead atoms. The lowest BCUT2D eigenvalue weighted by Crippen LogP contribution is -2.57. The molecular weight excluding hydrogens is 584 g/mol. The average molecular weight is 627 g/mol. The van der Waals surface area contributed by atoms with Gasteiger partial charge < -0.3 is 24.5 Å². The smallest absolute Gasteiger partial charge is 0.408 e. The Balaban J connectivity index is 1.71. The maximum absolute atomic E-state index is 13.2. The second-order valence-electron chi connectivity index (χ2n) is 13.1. The number of nitrogens with one attached hydrogen (secondary N) is 4. The van der Waals surface area contributed by atoms with E-state index in [1.807, 2.05) is 0 Å². The summed E-state index contributed by atoms with van der Waals surface area (Å²) in [6.45, 7) is 15.7. The van der Waals surface area contributed by atoms with Crippen molar-refractivity contribution < 1.29 is 41.5 Å². The molecule has 2 aliphatic heterocycles. The molecule has 1 saturated heterocycles. The molecule has 0 saturated carbocycles. The highest BCUT2D eigenvalue weighted by Gasteiger charge is 2.47. The monoisotopic (exact) mass is 626 g/mol. The molecule has 0 aromatic heterocycles. The van der Waals surface area contributed by atoms with Crippen LogP contribution in [0.1, 0.15) is 64.7 Å². The topological polar surface area (TPSA) is 178 Å². The third-order valence-electron chi connectivity index (χ3n) is 7.51. The molecule has 4 amide bonds. The van der Waals surface area contributed by atoms with Crippen molar-refractivity contribution in [2.45, 2.75) is 94.7 Å². The van der Waals surface area contributed by atoms with Gasteiger partial charge in [0.2, 0.25) is 5.91 Å². The maximum Gasteiger partial charge on any atom is 0.408 e. The number of rotatable bonds is 6. The first-order valence-corrected chi connectivity index (χ1v) is 18.3. The minimum Gasteiger partial charge on any atom is -0.444 e. The summed E-state index contributed by atoms with van der Waals surface area (Å²) >= 11 is 0. The lowest BCUT2D eigenvalue weighted by atomic mass is 10.0. The molecule has 234 valence electrons. The van der Waals surface area contributed by atoms with Crippen LogP contribution in [0.2, 0.25) is 18.1 Å². The summed E-state index contributed by atoms with van der Waals surface area (Å²) in [6.07, 6.45) is 0.133. The van der Waals surface area contributed by atoms with Crippen LogP contribution >= 0.6 is 0 Å². The molecule has 1 fully saturated rings. The molecule has 2 atom stereocenters. The number of carbonyl (C=O) groups excluding carboxylic acids is 4. The number of ether oxygens (including phenoxy) is 2. The van der Waals surface area contributed by atoms with Gasteiger partial charge >= 0.3 is 6.09 Å². The summed E-state index contributed by atoms with van der Waals surface area (Å²) in [5.41, 5.74) is 2.48. The number of fused-ring (bicyclic) bond motifs is 1. The van der Waals surface area contributed by atoms with E-state index in [0.29, 0.717) is 19.4 Å². The van der Waals surface area contributed by atoms with Crippen LogP contribution in [-0.2, 0) is 33.3 Å². The van der Waals surface area contributed by atoms with E-state index in [-0.39, 0.29) is 27.8 Å². The molecule has 1 aromatic carbocycles. The largest absolute Gasteiger partial charge is 0.444 e. The quantitative estimate of drug-likeness (QED) is 0.273. The van der Waals surface area contributed by atoms with Crippen molar-refractivity contribution >= 4 is 47.7 Å². The van der Waals surface area contributed by atoms with Crippen LogP contribution in [0, 0.1) is 0 Å². The van der Waals surface area contributed by atoms with E-state index in [2.05, 4.69) is 55.4 Å². The van der Waals surface area contributed by atoms with Crippen LogP contribution in [0.5, 0.6) is 0 Å². The van der Waals surface area contributed by atoms with Crippen LogP contribution in [0.3, 0.4) is 0 Å². The third kappa shape index (κ3) is 7.88. The Labute approximate surface area is 247 Å². The standard InChI is InChI=1S/C27H42N4O9SSi/c1-25(2,3)40-24(35)29-19-15-41(36,37)20-11-10-17(14-18(20)28-22(19)33)21(32)30-31-23(34)27(12-9-13-38-27)16-39-42(7,8)26(4,5)6/h10-11,14,19H,9,12-13,15-16H2,1-8H3,(H,28,33)(H,29,35)(H,30,32)(H,31,34)/t19-,27?/m0/s1. The molecule has 0 spiro atoms. The Morgan fingerprint density at radius 1 is 1.12 bits per heavy atom. The Hall–Kier alpha value is -3.01. The zero-order valence-electron chi connectivity index (χ0n) is 25.4. The van der Waals surface area contributed by atoms with Crippen molar-refractivity contribution in [1.82, 2.24) is 16.2 Å². The number of alkyl carbamates (subject to hydrolysis) is 1. The zero-order valence-corrected chi connectivity index (χ0v) is 27.2. The molecule has 0 aliphatic carbocycles. The number of carbonyl (C=O) groups is 4. The van der Waals surface area contributed by atoms with Crippen molar-refractivity contribution in [1.29, 1.82) is 0 Å². The van der Waals surface area contributed by atoms with Crippen molar-refractivity contribution in [2.24, 2.45) is 0 Å². The van der Waals surface area contributed by atoms with Gasteiger partial charge in [-0.1, -0.05) is 20.8 Å². The minimum absolute atomic E-state index is 0.0259. The number of anilines is 1. The second-order valence-corrected chi connectivity index (χ2v) is 19.9. The third-order valence-corrected chi connectivity index (χ3v) is 13.8. The summed E-state index contributed by atoms with van der Waals surface area (Å²) in [7, 11) is -6.23. The lowest BCUT2D eigenvalue weighted by molar-refractivity contribution is -0.146. The first-order chi connectivity index (χ1) is 19.2. The van der Waals surface area contributed by atoms with Gasteiger partial charge in [0.05, 0.1) is 22.9 Å². The Kier molecular flexibility index (Phi) is 9.52. The van der Waals surface area contributed by atoms with Gasteiger partial charge in [-0.05, 0) is 69.9 Å². The second kappa shape index (κ2) is 11.9. The first-order valence-electron chi connectivity index (χ1n) is 13.7. The fourth-order valence-corrected chi connectivity index (χ4v) is 6.67. The fourth-order valence-electron chi connectivity index (χ4n) is 4.07. The molecule has 4 N–H and O–H groups in total. The van der Waals surface area contributed by atoms with Crippen molar-refractivity contribution in [2.75, 3.05) is 24.3 Å². The molecule has 15 heteroatoms. The normalized spacial score (nSPS) is 22.3. The van der Waals surface area contributed by atoms with Crippen molar-refractivity contribution in [3.8, 4) is 0 Å². The van der Waals surface area contributed by atoms with Gasteiger partial charge in [-0.3, -0.25) is 25.2 Å². The fraction of sp³-hybridized carbons (Fsp3) is 0.630. The number of benzene rings is 1. The predicted octanol–water partition coefficient (Wildman–Crippen LogP) is 2.64. The molecule has 0 radical (unpaired) electrons. The van der Waals surface area contributed by atoms with Gasteiger partial charge in [0, 0.05) is 12.2 Å². The number of amides is 4. The van der Waals surface area contributed by atoms with Crippen LogP contribution in [-0.4, -0.2) is 76.8 Å². The summed E-state index contributed by atoms with van der Waals surface area (Å²) in [5.74, 6) is -2.81. The van der Waals surface area contributed by atoms with E-state index in [4.69, 9.17) is 13.9 Å². The van der Waals surface area contributed by atoms with E-state index >= 15 is 0 Å². The van der Waals surface area contributed by atoms with Gasteiger partial charge in [0.15, 0.2) is 23.8 Å². The number of hydrazine groups is 1. The molecular formula is C27H42N4O9SSi. The van der Waals surface area contributed by atoms with Gasteiger partial charge in [-0.15, -0.1) is 0 Å². The van der Waals surface area contributed by atoms with Crippen LogP contribution in [0.25, 0.3) is 0 Å². The van der Waals surface area contributed by atoms with Crippen molar-refractivity contribution in [3.05, 3.63) is 23.8 Å². The summed E-state index contributed by atoms with van der Waals surface area (Å²) in [6, 6.07) is 2.20. The van der Waals surface area contributed by atoms with E-state index in [9.17, 15) is 27.6 Å². The van der Waals surface area contributed by atoms with E-state index in [1.165, 1.54) is 18.2 Å². The van der Waals surface area contributed by atoms with Crippen LogP contribution < -0.4 is 21.5 Å². The number of hydrogen-bond donors (Lipinski definition) is 4. The molecule has 2 aliphatic rings. The molecule has 2 heterocycles. The van der Waals surface area contributed by atoms with Crippen LogP contribution in [0.15, 0.2) is 23.1 Å². The lowest BCUT2D eigenvalue weighted by Gasteiger charge is -2.39. The predicted molar refractivity (Wildman–Crippen MR) is 157 cm³/mol. The minimum atomic E-state index is -4.05. The summed E-state index contributed by atoms with van der Waals surface area (Å²) in [4.78, 5) is 50.9. The average Bonchev–Trinajstić information content (AvgIpc) is 3.30. The summed E-state index contributed by atoms with van der Waals surface area (Å²) < 4.78 is 43.3. The van der Waals surface area contributed by atoms with Gasteiger partial charge in [0.1, 0.15) is 11.6 Å². The number of sulfone groups is 1. The number of hydrogen-bond acceptors (Lipinski definition) is 9. The highest BCUT2D eigenvalue weighted by atomic mass is 32.2. The highest BCUT2D eigenvalue weighted by molar-refractivity contribution is 7.91. The van der Waals surface area contributed by atoms with Crippen molar-refractivity contribution in [3.63, 3.8) is 0 Å². The van der Waals surface area contributed by atoms with Gasteiger partial charge in [-0.2, -0.15) is 0 Å². The first kappa shape index (κ1) is 33.5. The van der Waals surface area contributed by atoms with E-state index in [0.717, 1.165) is 0 Å². The highest BCUT2D eigenvalue weighted by Crippen LogP contribution is 2.38. The van der Waals surface area contributed by atoms with Gasteiger partial charge in [0.25, 0.3) is 11.8 Å². The SMILES string of the molecule is CC(C)(C)OC(=O)N[C@H]1CS(=O)(=O)c2ccc(C(=O)NNC(=O)C3(CO[Si](C)(C)C(C)(C)C)CCCO3)cc2NC1=O. The Morgan fingerprint density at radius 2 is 1.79 bits per heavy atom. The summed E-state index contributed by atoms with van der Waals surface area (Å²) in [5, 5.41) is 4.67. The van der Waals surface area contributed by atoms with Gasteiger partial charge in [-0.25, -0.2) is 13.2 Å². The molecule has 3 rings (SSSR count). The molecule has 1 unspecified atom stereocenters. The molecule has 13 nitrogen and oxygen atoms in total. The Bertz CT molecular complexity index is 1340.